The molecule has 1 amide bonds. The van der Waals surface area contributed by atoms with Gasteiger partial charge in [-0.15, -0.1) is 0 Å². The first-order chi connectivity index (χ1) is 9.53. The number of aryl methyl sites for hydroxylation is 1. The van der Waals surface area contributed by atoms with E-state index >= 15 is 0 Å². The monoisotopic (exact) mass is 274 g/mol. The van der Waals surface area contributed by atoms with Crippen LogP contribution in [0, 0.1) is 6.92 Å². The zero-order valence-corrected chi connectivity index (χ0v) is 12.9. The van der Waals surface area contributed by atoms with Crippen molar-refractivity contribution in [2.75, 3.05) is 27.2 Å². The molecule has 0 aliphatic heterocycles. The number of rotatable bonds is 6. The van der Waals surface area contributed by atoms with Crippen molar-refractivity contribution in [1.29, 1.82) is 0 Å². The fourth-order valence-corrected chi connectivity index (χ4v) is 2.87. The van der Waals surface area contributed by atoms with Crippen LogP contribution in [-0.4, -0.2) is 38.0 Å². The first-order valence-electron chi connectivity index (χ1n) is 7.51. The average molecular weight is 274 g/mol. The van der Waals surface area contributed by atoms with Crippen molar-refractivity contribution in [1.82, 2.24) is 10.2 Å². The summed E-state index contributed by atoms with van der Waals surface area (Å²) in [5, 5.41) is 3.28. The molecule has 110 valence electrons. The number of carbonyl (C=O) groups is 1. The molecule has 3 heteroatoms. The van der Waals surface area contributed by atoms with Crippen LogP contribution in [0.1, 0.15) is 36.8 Å². The molecule has 1 N–H and O–H groups in total. The summed E-state index contributed by atoms with van der Waals surface area (Å²) in [6, 6.07) is 8.97. The fraction of sp³-hybridized carbons (Fsp3) is 0.588. The number of amides is 1. The molecule has 0 atom stereocenters. The van der Waals surface area contributed by atoms with Crippen molar-refractivity contribution in [3.8, 4) is 0 Å². The van der Waals surface area contributed by atoms with Crippen molar-refractivity contribution in [2.24, 2.45) is 0 Å². The SMILES string of the molecule is Cc1ccc(C2(CCNCC(=O)N(C)C)CCC2)cc1. The molecule has 1 saturated carbocycles. The van der Waals surface area contributed by atoms with Crippen molar-refractivity contribution in [3.63, 3.8) is 0 Å². The average Bonchev–Trinajstić information content (AvgIpc) is 2.38. The van der Waals surface area contributed by atoms with Gasteiger partial charge in [0.25, 0.3) is 0 Å². The normalized spacial score (nSPS) is 16.6. The molecule has 1 aromatic carbocycles. The summed E-state index contributed by atoms with van der Waals surface area (Å²) in [5.74, 6) is 0.142. The zero-order valence-electron chi connectivity index (χ0n) is 12.9. The van der Waals surface area contributed by atoms with Crippen LogP contribution in [-0.2, 0) is 10.2 Å². The summed E-state index contributed by atoms with van der Waals surface area (Å²) in [5.41, 5.74) is 3.13. The second-order valence-electron chi connectivity index (χ2n) is 6.21. The van der Waals surface area contributed by atoms with E-state index < -0.39 is 0 Å². The van der Waals surface area contributed by atoms with E-state index in [0.717, 1.165) is 13.0 Å². The van der Waals surface area contributed by atoms with Crippen LogP contribution in [0.25, 0.3) is 0 Å². The van der Waals surface area contributed by atoms with Crippen LogP contribution >= 0.6 is 0 Å². The largest absolute Gasteiger partial charge is 0.348 e. The van der Waals surface area contributed by atoms with E-state index in [4.69, 9.17) is 0 Å². The standard InChI is InChI=1S/C17H26N2O/c1-14-5-7-15(8-6-14)17(9-4-10-17)11-12-18-13-16(20)19(2)3/h5-8,18H,4,9-13H2,1-3H3. The van der Waals surface area contributed by atoms with Gasteiger partial charge in [-0.25, -0.2) is 0 Å². The molecule has 0 spiro atoms. The molecule has 0 heterocycles. The molecule has 0 bridgehead atoms. The predicted octanol–water partition coefficient (Wildman–Crippen LogP) is 2.48. The topological polar surface area (TPSA) is 32.3 Å². The lowest BCUT2D eigenvalue weighted by Gasteiger charge is -2.43. The van der Waals surface area contributed by atoms with Crippen LogP contribution in [0.5, 0.6) is 0 Å². The molecule has 3 nitrogen and oxygen atoms in total. The second-order valence-corrected chi connectivity index (χ2v) is 6.21. The van der Waals surface area contributed by atoms with E-state index in [1.54, 1.807) is 19.0 Å². The molecular weight excluding hydrogens is 248 g/mol. The van der Waals surface area contributed by atoms with Gasteiger partial charge in [-0.2, -0.15) is 0 Å². The minimum Gasteiger partial charge on any atom is -0.348 e. The Hall–Kier alpha value is -1.35. The van der Waals surface area contributed by atoms with Crippen LogP contribution in [0.2, 0.25) is 0 Å². The van der Waals surface area contributed by atoms with Crippen LogP contribution in [0.3, 0.4) is 0 Å². The summed E-state index contributed by atoms with van der Waals surface area (Å²) in [6.07, 6.45) is 5.00. The van der Waals surface area contributed by atoms with Crippen molar-refractivity contribution < 1.29 is 4.79 Å². The number of nitrogens with one attached hydrogen (secondary N) is 1. The van der Waals surface area contributed by atoms with Gasteiger partial charge in [-0.1, -0.05) is 36.2 Å². The molecule has 0 radical (unpaired) electrons. The Morgan fingerprint density at radius 3 is 2.40 bits per heavy atom. The minimum atomic E-state index is 0.142. The summed E-state index contributed by atoms with van der Waals surface area (Å²) >= 11 is 0. The Morgan fingerprint density at radius 1 is 1.25 bits per heavy atom. The lowest BCUT2D eigenvalue weighted by Crippen LogP contribution is -2.39. The highest BCUT2D eigenvalue weighted by Crippen LogP contribution is 2.46. The maximum absolute atomic E-state index is 11.5. The Bertz CT molecular complexity index is 447. The summed E-state index contributed by atoms with van der Waals surface area (Å²) in [4.78, 5) is 13.2. The third-order valence-corrected chi connectivity index (χ3v) is 4.53. The highest BCUT2D eigenvalue weighted by atomic mass is 16.2. The van der Waals surface area contributed by atoms with Gasteiger partial charge in [0.1, 0.15) is 0 Å². The van der Waals surface area contributed by atoms with Gasteiger partial charge in [-0.05, 0) is 43.7 Å². The van der Waals surface area contributed by atoms with E-state index in [1.807, 2.05) is 0 Å². The number of hydrogen-bond donors (Lipinski definition) is 1. The third-order valence-electron chi connectivity index (χ3n) is 4.53. The lowest BCUT2D eigenvalue weighted by atomic mass is 9.62. The van der Waals surface area contributed by atoms with Gasteiger partial charge in [0.15, 0.2) is 0 Å². The maximum atomic E-state index is 11.5. The molecule has 1 fully saturated rings. The molecule has 1 aliphatic carbocycles. The van der Waals surface area contributed by atoms with Crippen molar-refractivity contribution in [2.45, 2.75) is 38.0 Å². The molecule has 0 unspecified atom stereocenters. The van der Waals surface area contributed by atoms with E-state index in [1.165, 1.54) is 30.4 Å². The maximum Gasteiger partial charge on any atom is 0.236 e. The van der Waals surface area contributed by atoms with Gasteiger partial charge < -0.3 is 10.2 Å². The number of benzene rings is 1. The van der Waals surface area contributed by atoms with Gasteiger partial charge >= 0.3 is 0 Å². The van der Waals surface area contributed by atoms with Gasteiger partial charge in [0.2, 0.25) is 5.91 Å². The van der Waals surface area contributed by atoms with E-state index in [0.29, 0.717) is 12.0 Å². The summed E-state index contributed by atoms with van der Waals surface area (Å²) in [6.45, 7) is 3.48. The molecule has 1 aromatic rings. The highest BCUT2D eigenvalue weighted by molar-refractivity contribution is 5.77. The quantitative estimate of drug-likeness (QED) is 0.808. The van der Waals surface area contributed by atoms with Crippen LogP contribution < -0.4 is 5.32 Å². The van der Waals surface area contributed by atoms with Crippen LogP contribution in [0.4, 0.5) is 0 Å². The molecule has 20 heavy (non-hydrogen) atoms. The second kappa shape index (κ2) is 6.40. The Balaban J connectivity index is 1.86. The third kappa shape index (κ3) is 3.40. The summed E-state index contributed by atoms with van der Waals surface area (Å²) < 4.78 is 0. The molecule has 0 aromatic heterocycles. The number of nitrogens with zero attached hydrogens (tertiary/aromatic N) is 1. The predicted molar refractivity (Wildman–Crippen MR) is 82.9 cm³/mol. The van der Waals surface area contributed by atoms with Gasteiger partial charge in [0, 0.05) is 14.1 Å². The van der Waals surface area contributed by atoms with E-state index in [-0.39, 0.29) is 5.91 Å². The molecule has 2 rings (SSSR count). The number of likely N-dealkylation sites (N-methyl/N-ethyl adjacent to an activating group) is 1. The molecule has 0 saturated heterocycles. The van der Waals surface area contributed by atoms with Crippen molar-refractivity contribution >= 4 is 5.91 Å². The number of carbonyl (C=O) groups excluding carboxylic acids is 1. The van der Waals surface area contributed by atoms with Gasteiger partial charge in [0.05, 0.1) is 6.54 Å². The highest BCUT2D eigenvalue weighted by Gasteiger charge is 2.37. The van der Waals surface area contributed by atoms with Crippen molar-refractivity contribution in [3.05, 3.63) is 35.4 Å². The van der Waals surface area contributed by atoms with E-state index in [9.17, 15) is 4.79 Å². The smallest absolute Gasteiger partial charge is 0.236 e. The summed E-state index contributed by atoms with van der Waals surface area (Å²) in [7, 11) is 3.59. The zero-order chi connectivity index (χ0) is 14.6. The first-order valence-corrected chi connectivity index (χ1v) is 7.51. The molecular formula is C17H26N2O. The number of hydrogen-bond acceptors (Lipinski definition) is 2. The molecule has 1 aliphatic rings. The lowest BCUT2D eigenvalue weighted by molar-refractivity contribution is -0.127. The van der Waals surface area contributed by atoms with Crippen LogP contribution in [0.15, 0.2) is 24.3 Å². The fourth-order valence-electron chi connectivity index (χ4n) is 2.87. The van der Waals surface area contributed by atoms with Gasteiger partial charge in [-0.3, -0.25) is 4.79 Å². The Morgan fingerprint density at radius 2 is 1.90 bits per heavy atom. The van der Waals surface area contributed by atoms with E-state index in [2.05, 4.69) is 36.5 Å². The first kappa shape index (κ1) is 15.0. The minimum absolute atomic E-state index is 0.142. The Labute approximate surface area is 122 Å². The Kier molecular flexibility index (Phi) is 4.81.